The molecular weight excluding hydrogens is 272 g/mol. The molecule has 2 aromatic rings. The highest BCUT2D eigenvalue weighted by Gasteiger charge is 2.08. The maximum absolute atomic E-state index is 12.1. The molecule has 1 N–H and O–H groups in total. The molecule has 2 aromatic carbocycles. The van der Waals surface area contributed by atoms with Crippen molar-refractivity contribution < 1.29 is 4.79 Å². The van der Waals surface area contributed by atoms with E-state index in [2.05, 4.69) is 29.3 Å². The third kappa shape index (κ3) is 5.34. The Morgan fingerprint density at radius 1 is 1.09 bits per heavy atom. The van der Waals surface area contributed by atoms with E-state index in [1.807, 2.05) is 49.4 Å². The monoisotopic (exact) mass is 296 g/mol. The molecule has 0 unspecified atom stereocenters. The molecular formula is C19H24N2O. The van der Waals surface area contributed by atoms with Gasteiger partial charge in [-0.1, -0.05) is 49.4 Å². The van der Waals surface area contributed by atoms with Crippen molar-refractivity contribution in [2.75, 3.05) is 18.4 Å². The Bertz CT molecular complexity index is 595. The van der Waals surface area contributed by atoms with Crippen LogP contribution < -0.4 is 5.32 Å². The average molecular weight is 296 g/mol. The number of carbonyl (C=O) groups excluding carboxylic acids is 1. The highest BCUT2D eigenvalue weighted by molar-refractivity contribution is 5.90. The van der Waals surface area contributed by atoms with Gasteiger partial charge >= 0.3 is 0 Å². The van der Waals surface area contributed by atoms with Crippen LogP contribution in [0.2, 0.25) is 0 Å². The van der Waals surface area contributed by atoms with Crippen LogP contribution in [0.4, 0.5) is 5.69 Å². The van der Waals surface area contributed by atoms with Gasteiger partial charge in [0.1, 0.15) is 0 Å². The van der Waals surface area contributed by atoms with E-state index in [1.54, 1.807) is 0 Å². The third-order valence-electron chi connectivity index (χ3n) is 3.65. The molecule has 3 heteroatoms. The van der Waals surface area contributed by atoms with E-state index in [-0.39, 0.29) is 5.91 Å². The van der Waals surface area contributed by atoms with Gasteiger partial charge < -0.3 is 5.32 Å². The molecule has 0 aliphatic carbocycles. The fraction of sp³-hybridized carbons (Fsp3) is 0.316. The summed E-state index contributed by atoms with van der Waals surface area (Å²) in [6.07, 6.45) is 0.509. The lowest BCUT2D eigenvalue weighted by atomic mass is 10.2. The smallest absolute Gasteiger partial charge is 0.225 e. The van der Waals surface area contributed by atoms with Crippen LogP contribution in [-0.2, 0) is 11.3 Å². The van der Waals surface area contributed by atoms with Crippen molar-refractivity contribution in [3.05, 3.63) is 65.7 Å². The summed E-state index contributed by atoms with van der Waals surface area (Å²) in [5, 5.41) is 2.96. The highest BCUT2D eigenvalue weighted by Crippen LogP contribution is 2.10. The molecule has 0 heterocycles. The Kier molecular flexibility index (Phi) is 6.16. The molecule has 116 valence electrons. The number of carbonyl (C=O) groups is 1. The topological polar surface area (TPSA) is 32.3 Å². The summed E-state index contributed by atoms with van der Waals surface area (Å²) in [6, 6.07) is 18.3. The van der Waals surface area contributed by atoms with Crippen molar-refractivity contribution in [3.63, 3.8) is 0 Å². The number of hydrogen-bond donors (Lipinski definition) is 1. The van der Waals surface area contributed by atoms with Crippen LogP contribution in [0.25, 0.3) is 0 Å². The molecule has 2 rings (SSSR count). The molecule has 0 saturated carbocycles. The van der Waals surface area contributed by atoms with Gasteiger partial charge in [-0.25, -0.2) is 0 Å². The van der Waals surface area contributed by atoms with Crippen LogP contribution in [-0.4, -0.2) is 23.9 Å². The predicted molar refractivity (Wildman–Crippen MR) is 91.8 cm³/mol. The van der Waals surface area contributed by atoms with E-state index < -0.39 is 0 Å². The van der Waals surface area contributed by atoms with Crippen LogP contribution in [0.15, 0.2) is 54.6 Å². The van der Waals surface area contributed by atoms with Crippen LogP contribution in [0, 0.1) is 6.92 Å². The van der Waals surface area contributed by atoms with Gasteiger partial charge in [0.15, 0.2) is 0 Å². The fourth-order valence-corrected chi connectivity index (χ4v) is 2.40. The van der Waals surface area contributed by atoms with Gasteiger partial charge in [-0.3, -0.25) is 9.69 Å². The molecule has 0 aromatic heterocycles. The van der Waals surface area contributed by atoms with Gasteiger partial charge in [0.05, 0.1) is 0 Å². The largest absolute Gasteiger partial charge is 0.326 e. The molecule has 1 amide bonds. The summed E-state index contributed by atoms with van der Waals surface area (Å²) in [5.74, 6) is 0.0668. The molecule has 3 nitrogen and oxygen atoms in total. The van der Waals surface area contributed by atoms with E-state index >= 15 is 0 Å². The predicted octanol–water partition coefficient (Wildman–Crippen LogP) is 3.85. The van der Waals surface area contributed by atoms with Crippen LogP contribution >= 0.6 is 0 Å². The normalized spacial score (nSPS) is 10.7. The Morgan fingerprint density at radius 2 is 1.86 bits per heavy atom. The molecule has 0 aliphatic heterocycles. The van der Waals surface area contributed by atoms with Crippen molar-refractivity contribution in [2.24, 2.45) is 0 Å². The van der Waals surface area contributed by atoms with E-state index in [9.17, 15) is 4.79 Å². The zero-order chi connectivity index (χ0) is 15.8. The molecule has 0 atom stereocenters. The van der Waals surface area contributed by atoms with Crippen molar-refractivity contribution in [1.29, 1.82) is 0 Å². The van der Waals surface area contributed by atoms with Crippen molar-refractivity contribution in [2.45, 2.75) is 26.8 Å². The minimum Gasteiger partial charge on any atom is -0.326 e. The van der Waals surface area contributed by atoms with E-state index in [1.165, 1.54) is 5.56 Å². The zero-order valence-corrected chi connectivity index (χ0v) is 13.4. The molecule has 22 heavy (non-hydrogen) atoms. The summed E-state index contributed by atoms with van der Waals surface area (Å²) >= 11 is 0. The number of amides is 1. The molecule has 0 spiro atoms. The first-order valence-electron chi connectivity index (χ1n) is 7.80. The van der Waals surface area contributed by atoms with Gasteiger partial charge in [0.2, 0.25) is 5.91 Å². The number of benzene rings is 2. The lowest BCUT2D eigenvalue weighted by Crippen LogP contribution is -2.27. The summed E-state index contributed by atoms with van der Waals surface area (Å²) in [5.41, 5.74) is 3.30. The van der Waals surface area contributed by atoms with E-state index in [0.29, 0.717) is 6.42 Å². The first kappa shape index (κ1) is 16.2. The SMILES string of the molecule is CCN(CCC(=O)Nc1cccc(C)c1)Cc1ccccc1. The number of nitrogens with zero attached hydrogens (tertiary/aromatic N) is 1. The Hall–Kier alpha value is -2.13. The number of rotatable bonds is 7. The van der Waals surface area contributed by atoms with Crippen LogP contribution in [0.1, 0.15) is 24.5 Å². The second kappa shape index (κ2) is 8.35. The number of nitrogens with one attached hydrogen (secondary N) is 1. The van der Waals surface area contributed by atoms with Gasteiger partial charge in [-0.05, 0) is 36.7 Å². The summed E-state index contributed by atoms with van der Waals surface area (Å²) in [7, 11) is 0. The van der Waals surface area contributed by atoms with Gasteiger partial charge in [-0.15, -0.1) is 0 Å². The highest BCUT2D eigenvalue weighted by atomic mass is 16.1. The molecule has 0 bridgehead atoms. The Labute approximate surface area is 133 Å². The second-order valence-corrected chi connectivity index (χ2v) is 5.52. The summed E-state index contributed by atoms with van der Waals surface area (Å²) < 4.78 is 0. The first-order valence-corrected chi connectivity index (χ1v) is 7.80. The van der Waals surface area contributed by atoms with Gasteiger partial charge in [0.25, 0.3) is 0 Å². The number of aryl methyl sites for hydroxylation is 1. The zero-order valence-electron chi connectivity index (χ0n) is 13.4. The number of anilines is 1. The minimum absolute atomic E-state index is 0.0668. The maximum atomic E-state index is 12.1. The lowest BCUT2D eigenvalue weighted by Gasteiger charge is -2.20. The minimum atomic E-state index is 0.0668. The first-order chi connectivity index (χ1) is 10.7. The lowest BCUT2D eigenvalue weighted by molar-refractivity contribution is -0.116. The van der Waals surface area contributed by atoms with E-state index in [4.69, 9.17) is 0 Å². The fourth-order valence-electron chi connectivity index (χ4n) is 2.40. The van der Waals surface area contributed by atoms with Crippen molar-refractivity contribution >= 4 is 11.6 Å². The van der Waals surface area contributed by atoms with E-state index in [0.717, 1.165) is 30.9 Å². The Balaban J connectivity index is 1.81. The molecule has 0 saturated heterocycles. The summed E-state index contributed by atoms with van der Waals surface area (Å²) in [4.78, 5) is 14.3. The quantitative estimate of drug-likeness (QED) is 0.842. The Morgan fingerprint density at radius 3 is 2.55 bits per heavy atom. The van der Waals surface area contributed by atoms with Gasteiger partial charge in [-0.2, -0.15) is 0 Å². The summed E-state index contributed by atoms with van der Waals surface area (Å²) in [6.45, 7) is 6.74. The standard InChI is InChI=1S/C19H24N2O/c1-3-21(15-17-9-5-4-6-10-17)13-12-19(22)20-18-11-7-8-16(2)14-18/h4-11,14H,3,12-13,15H2,1-2H3,(H,20,22). The third-order valence-corrected chi connectivity index (χ3v) is 3.65. The van der Waals surface area contributed by atoms with Crippen LogP contribution in [0.3, 0.4) is 0 Å². The van der Waals surface area contributed by atoms with Gasteiger partial charge in [0, 0.05) is 25.2 Å². The van der Waals surface area contributed by atoms with Crippen LogP contribution in [0.5, 0.6) is 0 Å². The van der Waals surface area contributed by atoms with Crippen molar-refractivity contribution in [3.8, 4) is 0 Å². The maximum Gasteiger partial charge on any atom is 0.225 e. The van der Waals surface area contributed by atoms with Crippen molar-refractivity contribution in [1.82, 2.24) is 4.90 Å². The second-order valence-electron chi connectivity index (χ2n) is 5.52. The number of hydrogen-bond acceptors (Lipinski definition) is 2. The average Bonchev–Trinajstić information content (AvgIpc) is 2.52. The molecule has 0 radical (unpaired) electrons. The molecule has 0 aliphatic rings. The molecule has 0 fully saturated rings.